The van der Waals surface area contributed by atoms with Gasteiger partial charge in [-0.3, -0.25) is 14.5 Å². The molecule has 0 saturated carbocycles. The van der Waals surface area contributed by atoms with Crippen LogP contribution in [0.15, 0.2) is 60.7 Å². The highest BCUT2D eigenvalue weighted by Gasteiger charge is 2.29. The quantitative estimate of drug-likeness (QED) is 0.617. The van der Waals surface area contributed by atoms with Gasteiger partial charge >= 0.3 is 0 Å². The minimum atomic E-state index is -0.170. The molecule has 0 spiro atoms. The van der Waals surface area contributed by atoms with Gasteiger partial charge in [-0.1, -0.05) is 48.5 Å². The molecule has 34 heavy (non-hydrogen) atoms. The number of nitrogens with one attached hydrogen (secondary N) is 1. The molecule has 182 valence electrons. The zero-order valence-corrected chi connectivity index (χ0v) is 19.7. The highest BCUT2D eigenvalue weighted by molar-refractivity contribution is 5.81. The molecule has 4 rings (SSSR count). The standard InChI is InChI=1S/C27H35N3O4/c31-26(13-16-33-24-11-5-2-6-12-24)30-14-7-10-23(20-30)27(32)28-18-25-21-29(15-17-34-25)19-22-8-3-1-4-9-22/h1-6,8-9,11-12,23,25H,7,10,13-21H2,(H,28,32). The average molecular weight is 466 g/mol. The highest BCUT2D eigenvalue weighted by Crippen LogP contribution is 2.18. The lowest BCUT2D eigenvalue weighted by molar-refractivity contribution is -0.136. The lowest BCUT2D eigenvalue weighted by atomic mass is 9.96. The van der Waals surface area contributed by atoms with E-state index in [0.717, 1.165) is 38.2 Å². The summed E-state index contributed by atoms with van der Waals surface area (Å²) in [4.78, 5) is 29.6. The van der Waals surface area contributed by atoms with E-state index in [1.165, 1.54) is 5.56 Å². The van der Waals surface area contributed by atoms with Gasteiger partial charge in [0.25, 0.3) is 0 Å². The van der Waals surface area contributed by atoms with Crippen LogP contribution >= 0.6 is 0 Å². The van der Waals surface area contributed by atoms with Crippen LogP contribution in [-0.2, 0) is 20.9 Å². The van der Waals surface area contributed by atoms with E-state index in [1.54, 1.807) is 4.90 Å². The van der Waals surface area contributed by atoms with E-state index in [0.29, 0.717) is 39.3 Å². The number of rotatable bonds is 9. The third-order valence-corrected chi connectivity index (χ3v) is 6.45. The Labute approximate surface area is 202 Å². The van der Waals surface area contributed by atoms with Gasteiger partial charge in [0.2, 0.25) is 11.8 Å². The first-order valence-electron chi connectivity index (χ1n) is 12.3. The normalized spacial score (nSPS) is 21.1. The molecule has 2 unspecified atom stereocenters. The molecule has 2 heterocycles. The molecule has 2 fully saturated rings. The summed E-state index contributed by atoms with van der Waals surface area (Å²) in [7, 11) is 0. The summed E-state index contributed by atoms with van der Waals surface area (Å²) in [5, 5.41) is 3.08. The second-order valence-corrected chi connectivity index (χ2v) is 9.05. The molecule has 0 aliphatic carbocycles. The van der Waals surface area contributed by atoms with Crippen molar-refractivity contribution in [2.24, 2.45) is 5.92 Å². The number of carbonyl (C=O) groups is 2. The number of piperidine rings is 1. The van der Waals surface area contributed by atoms with Gasteiger partial charge in [0.15, 0.2) is 0 Å². The molecule has 2 aromatic carbocycles. The lowest BCUT2D eigenvalue weighted by Gasteiger charge is -2.34. The number of benzene rings is 2. The van der Waals surface area contributed by atoms with Crippen molar-refractivity contribution in [1.82, 2.24) is 15.1 Å². The van der Waals surface area contributed by atoms with Gasteiger partial charge in [-0.05, 0) is 30.5 Å². The Morgan fingerprint density at radius 2 is 1.76 bits per heavy atom. The lowest BCUT2D eigenvalue weighted by Crippen LogP contribution is -2.50. The Bertz CT molecular complexity index is 909. The molecule has 2 amide bonds. The van der Waals surface area contributed by atoms with E-state index < -0.39 is 0 Å². The maximum Gasteiger partial charge on any atom is 0.226 e. The molecular weight excluding hydrogens is 430 g/mol. The van der Waals surface area contributed by atoms with Crippen molar-refractivity contribution >= 4 is 11.8 Å². The van der Waals surface area contributed by atoms with Crippen LogP contribution in [0.5, 0.6) is 5.75 Å². The Kier molecular flexibility index (Phi) is 8.93. The van der Waals surface area contributed by atoms with Gasteiger partial charge in [0.1, 0.15) is 5.75 Å². The minimum absolute atomic E-state index is 0.0156. The molecule has 7 heteroatoms. The van der Waals surface area contributed by atoms with E-state index in [9.17, 15) is 9.59 Å². The van der Waals surface area contributed by atoms with Gasteiger partial charge in [-0.2, -0.15) is 0 Å². The summed E-state index contributed by atoms with van der Waals surface area (Å²) < 4.78 is 11.5. The number of carbonyl (C=O) groups excluding carboxylic acids is 2. The third kappa shape index (κ3) is 7.30. The van der Waals surface area contributed by atoms with Crippen molar-refractivity contribution in [2.75, 3.05) is 45.9 Å². The van der Waals surface area contributed by atoms with Gasteiger partial charge in [0, 0.05) is 39.3 Å². The summed E-state index contributed by atoms with van der Waals surface area (Å²) in [6, 6.07) is 19.9. The molecule has 2 saturated heterocycles. The minimum Gasteiger partial charge on any atom is -0.493 e. The number of likely N-dealkylation sites (tertiary alicyclic amines) is 1. The maximum atomic E-state index is 12.8. The molecule has 0 bridgehead atoms. The number of hydrogen-bond acceptors (Lipinski definition) is 5. The predicted molar refractivity (Wildman–Crippen MR) is 130 cm³/mol. The number of para-hydroxylation sites is 1. The summed E-state index contributed by atoms with van der Waals surface area (Å²) in [5.74, 6) is 0.651. The van der Waals surface area contributed by atoms with Crippen molar-refractivity contribution in [2.45, 2.75) is 31.9 Å². The van der Waals surface area contributed by atoms with E-state index in [2.05, 4.69) is 34.5 Å². The van der Waals surface area contributed by atoms with Crippen LogP contribution in [0.25, 0.3) is 0 Å². The summed E-state index contributed by atoms with van der Waals surface area (Å²) in [6.07, 6.45) is 1.95. The fraction of sp³-hybridized carbons (Fsp3) is 0.481. The second-order valence-electron chi connectivity index (χ2n) is 9.05. The topological polar surface area (TPSA) is 71.1 Å². The first kappa shape index (κ1) is 24.2. The van der Waals surface area contributed by atoms with Crippen molar-refractivity contribution < 1.29 is 19.1 Å². The van der Waals surface area contributed by atoms with Gasteiger partial charge < -0.3 is 19.7 Å². The van der Waals surface area contributed by atoms with Crippen LogP contribution in [0.4, 0.5) is 0 Å². The first-order chi connectivity index (χ1) is 16.7. The first-order valence-corrected chi connectivity index (χ1v) is 12.3. The summed E-state index contributed by atoms with van der Waals surface area (Å²) in [6.45, 7) is 5.27. The average Bonchev–Trinajstić information content (AvgIpc) is 2.89. The zero-order valence-electron chi connectivity index (χ0n) is 19.7. The highest BCUT2D eigenvalue weighted by atomic mass is 16.5. The van der Waals surface area contributed by atoms with Crippen molar-refractivity contribution in [1.29, 1.82) is 0 Å². The molecule has 1 N–H and O–H groups in total. The van der Waals surface area contributed by atoms with Crippen LogP contribution in [0.1, 0.15) is 24.8 Å². The van der Waals surface area contributed by atoms with Crippen molar-refractivity contribution in [3.8, 4) is 5.75 Å². The van der Waals surface area contributed by atoms with Crippen LogP contribution < -0.4 is 10.1 Å². The van der Waals surface area contributed by atoms with Crippen LogP contribution in [0.2, 0.25) is 0 Å². The smallest absolute Gasteiger partial charge is 0.226 e. The van der Waals surface area contributed by atoms with Crippen molar-refractivity contribution in [3.63, 3.8) is 0 Å². The monoisotopic (exact) mass is 465 g/mol. The molecule has 2 aliphatic rings. The second kappa shape index (κ2) is 12.5. The predicted octanol–water partition coefficient (Wildman–Crippen LogP) is 2.71. The van der Waals surface area contributed by atoms with Crippen LogP contribution in [0.3, 0.4) is 0 Å². The summed E-state index contributed by atoms with van der Waals surface area (Å²) >= 11 is 0. The number of amides is 2. The Hall–Kier alpha value is -2.90. The van der Waals surface area contributed by atoms with Crippen LogP contribution in [0, 0.1) is 5.92 Å². The molecular formula is C27H35N3O4. The van der Waals surface area contributed by atoms with E-state index in [4.69, 9.17) is 9.47 Å². The third-order valence-electron chi connectivity index (χ3n) is 6.45. The molecule has 0 radical (unpaired) electrons. The maximum absolute atomic E-state index is 12.8. The Morgan fingerprint density at radius 3 is 2.56 bits per heavy atom. The molecule has 0 aromatic heterocycles. The van der Waals surface area contributed by atoms with Gasteiger partial charge in [0.05, 0.1) is 31.7 Å². The van der Waals surface area contributed by atoms with E-state index in [1.807, 2.05) is 36.4 Å². The largest absolute Gasteiger partial charge is 0.493 e. The Balaban J connectivity index is 1.17. The SMILES string of the molecule is O=C(NCC1CN(Cc2ccccc2)CCO1)C1CCCN(C(=O)CCOc2ccccc2)C1. The van der Waals surface area contributed by atoms with E-state index >= 15 is 0 Å². The summed E-state index contributed by atoms with van der Waals surface area (Å²) in [5.41, 5.74) is 1.29. The molecule has 2 aliphatic heterocycles. The number of morpholine rings is 1. The zero-order chi connectivity index (χ0) is 23.6. The van der Waals surface area contributed by atoms with Gasteiger partial charge in [-0.25, -0.2) is 0 Å². The van der Waals surface area contributed by atoms with Gasteiger partial charge in [-0.15, -0.1) is 0 Å². The van der Waals surface area contributed by atoms with E-state index in [-0.39, 0.29) is 23.8 Å². The molecule has 2 atom stereocenters. The fourth-order valence-electron chi connectivity index (χ4n) is 4.60. The fourth-order valence-corrected chi connectivity index (χ4v) is 4.60. The number of ether oxygens (including phenoxy) is 2. The Morgan fingerprint density at radius 1 is 1.00 bits per heavy atom. The number of hydrogen-bond donors (Lipinski definition) is 1. The van der Waals surface area contributed by atoms with Crippen molar-refractivity contribution in [3.05, 3.63) is 66.2 Å². The molecule has 7 nitrogen and oxygen atoms in total. The number of nitrogens with zero attached hydrogens (tertiary/aromatic N) is 2. The molecule has 2 aromatic rings. The van der Waals surface area contributed by atoms with Crippen LogP contribution in [-0.4, -0.2) is 73.7 Å².